The molecule has 4 heterocycles. The van der Waals surface area contributed by atoms with E-state index in [-0.39, 0.29) is 35.7 Å². The molecule has 1 amide bonds. The zero-order valence-electron chi connectivity index (χ0n) is 21.1. The van der Waals surface area contributed by atoms with Crippen LogP contribution >= 0.6 is 0 Å². The molecule has 2 aromatic rings. The fraction of sp³-hybridized carbons (Fsp3) is 0.654. The minimum atomic E-state index is -0.281. The molecule has 6 N–H and O–H groups in total. The fourth-order valence-corrected chi connectivity index (χ4v) is 7.49. The Bertz CT molecular complexity index is 1090. The van der Waals surface area contributed by atoms with Crippen molar-refractivity contribution in [1.29, 1.82) is 0 Å². The minimum Gasteiger partial charge on any atom is -0.469 e. The van der Waals surface area contributed by atoms with Crippen molar-refractivity contribution in [1.82, 2.24) is 36.0 Å². The Kier molecular flexibility index (Phi) is 6.45. The van der Waals surface area contributed by atoms with Crippen molar-refractivity contribution in [3.05, 3.63) is 42.1 Å². The largest absolute Gasteiger partial charge is 0.469 e. The molecule has 0 spiro atoms. The lowest BCUT2D eigenvalue weighted by molar-refractivity contribution is -0.132. The third kappa shape index (κ3) is 4.19. The molecule has 2 aliphatic carbocycles. The van der Waals surface area contributed by atoms with Crippen molar-refractivity contribution in [3.8, 4) is 5.88 Å². The van der Waals surface area contributed by atoms with Crippen LogP contribution in [0.2, 0.25) is 0 Å². The van der Waals surface area contributed by atoms with Crippen LogP contribution in [0.4, 0.5) is 0 Å². The Labute approximate surface area is 212 Å². The number of aryl methyl sites for hydroxylation is 1. The SMILES string of the molecule is CC1CCC2NNCC2C1C1CC(c2cccc(OCc3nccn3C)n2)C2NCNC(=O)C2C1N. The molecule has 9 atom stereocenters. The highest BCUT2D eigenvalue weighted by Gasteiger charge is 2.54. The maximum Gasteiger partial charge on any atom is 0.227 e. The van der Waals surface area contributed by atoms with Crippen LogP contribution in [0.15, 0.2) is 30.6 Å². The lowest BCUT2D eigenvalue weighted by Gasteiger charge is -2.53. The van der Waals surface area contributed by atoms with Gasteiger partial charge in [-0.1, -0.05) is 13.0 Å². The third-order valence-corrected chi connectivity index (χ3v) is 9.27. The molecule has 194 valence electrons. The Morgan fingerprint density at radius 2 is 2.14 bits per heavy atom. The molecule has 0 radical (unpaired) electrons. The topological polar surface area (TPSA) is 131 Å². The standard InChI is InChI=1S/C26H38N8O2/c1-14-6-7-19-17(11-31-33-19)22(14)16-10-15(25-23(24(16)27)26(35)30-13-29-25)18-4-3-5-21(32-18)36-12-20-28-8-9-34(20)2/h3-5,8-9,14-17,19,22-25,29,31,33H,6-7,10-13,27H2,1-2H3,(H,30,35). The maximum atomic E-state index is 13.2. The van der Waals surface area contributed by atoms with Gasteiger partial charge in [0, 0.05) is 61.8 Å². The van der Waals surface area contributed by atoms with E-state index >= 15 is 0 Å². The van der Waals surface area contributed by atoms with Gasteiger partial charge in [0.2, 0.25) is 11.8 Å². The summed E-state index contributed by atoms with van der Waals surface area (Å²) in [6.07, 6.45) is 6.95. The molecule has 2 saturated carbocycles. The quantitative estimate of drug-likeness (QED) is 0.409. The van der Waals surface area contributed by atoms with Gasteiger partial charge in [-0.2, -0.15) is 0 Å². The molecule has 2 aromatic heterocycles. The normalized spacial score (nSPS) is 38.2. The predicted molar refractivity (Wildman–Crippen MR) is 134 cm³/mol. The molecule has 0 bridgehead atoms. The second kappa shape index (κ2) is 9.74. The Morgan fingerprint density at radius 1 is 1.25 bits per heavy atom. The third-order valence-electron chi connectivity index (χ3n) is 9.27. The van der Waals surface area contributed by atoms with E-state index in [0.29, 0.717) is 43.0 Å². The molecular formula is C26H38N8O2. The van der Waals surface area contributed by atoms with Gasteiger partial charge in [0.1, 0.15) is 12.4 Å². The van der Waals surface area contributed by atoms with Gasteiger partial charge < -0.3 is 20.4 Å². The summed E-state index contributed by atoms with van der Waals surface area (Å²) in [5, 5.41) is 6.57. The zero-order chi connectivity index (χ0) is 24.8. The van der Waals surface area contributed by atoms with Gasteiger partial charge >= 0.3 is 0 Å². The summed E-state index contributed by atoms with van der Waals surface area (Å²) in [7, 11) is 1.95. The van der Waals surface area contributed by atoms with Gasteiger partial charge in [-0.3, -0.25) is 21.0 Å². The van der Waals surface area contributed by atoms with Crippen molar-refractivity contribution >= 4 is 5.91 Å². The van der Waals surface area contributed by atoms with E-state index in [1.54, 1.807) is 6.20 Å². The second-order valence-electron chi connectivity index (χ2n) is 11.1. The summed E-state index contributed by atoms with van der Waals surface area (Å²) in [5.41, 5.74) is 14.8. The highest BCUT2D eigenvalue weighted by atomic mass is 16.5. The average molecular weight is 495 g/mol. The number of hydrogen-bond acceptors (Lipinski definition) is 8. The number of carbonyl (C=O) groups excluding carboxylic acids is 1. The van der Waals surface area contributed by atoms with Crippen molar-refractivity contribution in [2.24, 2.45) is 42.4 Å². The average Bonchev–Trinajstić information content (AvgIpc) is 3.52. The van der Waals surface area contributed by atoms with E-state index in [1.807, 2.05) is 29.9 Å². The van der Waals surface area contributed by atoms with E-state index in [9.17, 15) is 4.79 Å². The summed E-state index contributed by atoms with van der Waals surface area (Å²) in [6, 6.07) is 6.21. The Morgan fingerprint density at radius 3 is 2.97 bits per heavy atom. The number of pyridine rings is 1. The number of nitrogens with two attached hydrogens (primary N) is 1. The Hall–Kier alpha value is -2.53. The van der Waals surface area contributed by atoms with E-state index in [1.165, 1.54) is 12.8 Å². The highest BCUT2D eigenvalue weighted by Crippen LogP contribution is 2.50. The second-order valence-corrected chi connectivity index (χ2v) is 11.1. The van der Waals surface area contributed by atoms with Crippen LogP contribution in [0.3, 0.4) is 0 Å². The molecule has 2 aliphatic heterocycles. The molecule has 6 rings (SSSR count). The number of hydrazine groups is 1. The predicted octanol–water partition coefficient (Wildman–Crippen LogP) is 0.625. The number of fused-ring (bicyclic) bond motifs is 2. The minimum absolute atomic E-state index is 0.0446. The van der Waals surface area contributed by atoms with Crippen LogP contribution in [-0.4, -0.2) is 51.8 Å². The molecule has 10 nitrogen and oxygen atoms in total. The maximum absolute atomic E-state index is 13.2. The molecule has 4 fully saturated rings. The van der Waals surface area contributed by atoms with E-state index < -0.39 is 0 Å². The molecular weight excluding hydrogens is 456 g/mol. The van der Waals surface area contributed by atoms with Crippen molar-refractivity contribution in [2.45, 2.75) is 56.8 Å². The summed E-state index contributed by atoms with van der Waals surface area (Å²) < 4.78 is 7.96. The number of rotatable bonds is 5. The number of aromatic nitrogens is 3. The van der Waals surface area contributed by atoms with E-state index in [2.05, 4.69) is 39.5 Å². The molecule has 0 aromatic carbocycles. The number of nitrogens with zero attached hydrogens (tertiary/aromatic N) is 3. The number of amides is 1. The number of ether oxygens (including phenoxy) is 1. The molecule has 4 aliphatic rings. The van der Waals surface area contributed by atoms with Crippen LogP contribution in [0, 0.1) is 29.6 Å². The van der Waals surface area contributed by atoms with Gasteiger partial charge in [0.05, 0.1) is 12.6 Å². The van der Waals surface area contributed by atoms with Crippen molar-refractivity contribution < 1.29 is 9.53 Å². The smallest absolute Gasteiger partial charge is 0.227 e. The van der Waals surface area contributed by atoms with Crippen LogP contribution in [0.1, 0.15) is 43.6 Å². The molecule has 10 heteroatoms. The van der Waals surface area contributed by atoms with Crippen molar-refractivity contribution in [3.63, 3.8) is 0 Å². The summed E-state index contributed by atoms with van der Waals surface area (Å²) in [5.74, 6) is 3.08. The van der Waals surface area contributed by atoms with E-state index in [0.717, 1.165) is 24.5 Å². The van der Waals surface area contributed by atoms with Crippen molar-refractivity contribution in [2.75, 3.05) is 13.2 Å². The van der Waals surface area contributed by atoms with Gasteiger partial charge in [-0.15, -0.1) is 0 Å². The number of imidazole rings is 1. The van der Waals surface area contributed by atoms with Gasteiger partial charge in [-0.05, 0) is 49.0 Å². The lowest BCUT2D eigenvalue weighted by Crippen LogP contribution is -2.67. The van der Waals surface area contributed by atoms with Crippen LogP contribution < -0.4 is 32.0 Å². The summed E-state index contributed by atoms with van der Waals surface area (Å²) in [6.45, 7) is 4.15. The first-order valence-corrected chi connectivity index (χ1v) is 13.3. The number of nitrogens with one attached hydrogen (secondary N) is 4. The molecule has 9 unspecified atom stereocenters. The summed E-state index contributed by atoms with van der Waals surface area (Å²) in [4.78, 5) is 22.5. The monoisotopic (exact) mass is 494 g/mol. The van der Waals surface area contributed by atoms with Crippen LogP contribution in [0.5, 0.6) is 5.88 Å². The Balaban J connectivity index is 1.30. The molecule has 2 saturated heterocycles. The first-order valence-electron chi connectivity index (χ1n) is 13.3. The van der Waals surface area contributed by atoms with Crippen LogP contribution in [-0.2, 0) is 18.4 Å². The van der Waals surface area contributed by atoms with Crippen LogP contribution in [0.25, 0.3) is 0 Å². The first-order chi connectivity index (χ1) is 17.5. The highest BCUT2D eigenvalue weighted by molar-refractivity contribution is 5.81. The fourth-order valence-electron chi connectivity index (χ4n) is 7.49. The zero-order valence-corrected chi connectivity index (χ0v) is 21.1. The lowest BCUT2D eigenvalue weighted by atomic mass is 9.56. The first kappa shape index (κ1) is 23.8. The van der Waals surface area contributed by atoms with Gasteiger partial charge in [-0.25, -0.2) is 9.97 Å². The molecule has 36 heavy (non-hydrogen) atoms. The number of carbonyl (C=O) groups is 1. The number of hydrogen-bond donors (Lipinski definition) is 5. The van der Waals surface area contributed by atoms with E-state index in [4.69, 9.17) is 15.5 Å². The van der Waals surface area contributed by atoms with Gasteiger partial charge in [0.25, 0.3) is 0 Å². The van der Waals surface area contributed by atoms with Gasteiger partial charge in [0.15, 0.2) is 0 Å². The summed E-state index contributed by atoms with van der Waals surface area (Å²) >= 11 is 0.